The van der Waals surface area contributed by atoms with E-state index < -0.39 is 0 Å². The third-order valence-corrected chi connectivity index (χ3v) is 5.09. The molecule has 1 aliphatic rings. The van der Waals surface area contributed by atoms with Gasteiger partial charge >= 0.3 is 0 Å². The van der Waals surface area contributed by atoms with Gasteiger partial charge in [-0.05, 0) is 83.1 Å². The third kappa shape index (κ3) is 3.09. The van der Waals surface area contributed by atoms with Crippen LogP contribution in [0.1, 0.15) is 90.5 Å². The summed E-state index contributed by atoms with van der Waals surface area (Å²) in [6, 6.07) is 1.48. The molecule has 0 saturated carbocycles. The molecule has 0 N–H and O–H groups in total. The number of hydrogen-bond donors (Lipinski definition) is 0. The minimum absolute atomic E-state index is 0. The molecular formula is C19H43N3. The SMILES string of the molecule is C.CC(C)N1C(C)(C)N(C(C)C)C(C)(C)N(C(C)C)C1(C)C. The Morgan fingerprint density at radius 2 is 0.591 bits per heavy atom. The van der Waals surface area contributed by atoms with Crippen molar-refractivity contribution in [3.63, 3.8) is 0 Å². The van der Waals surface area contributed by atoms with Gasteiger partial charge in [-0.15, -0.1) is 0 Å². The van der Waals surface area contributed by atoms with Crippen molar-refractivity contribution >= 4 is 0 Å². The Balaban J connectivity index is 0.00000441. The highest BCUT2D eigenvalue weighted by atomic mass is 15.6. The molecule has 0 aromatic carbocycles. The van der Waals surface area contributed by atoms with Crippen molar-refractivity contribution < 1.29 is 0 Å². The van der Waals surface area contributed by atoms with Gasteiger partial charge in [-0.1, -0.05) is 7.43 Å². The third-order valence-electron chi connectivity index (χ3n) is 5.09. The van der Waals surface area contributed by atoms with Gasteiger partial charge in [0.15, 0.2) is 0 Å². The highest BCUT2D eigenvalue weighted by Crippen LogP contribution is 2.47. The summed E-state index contributed by atoms with van der Waals surface area (Å²) in [5.41, 5.74) is 0.0438. The van der Waals surface area contributed by atoms with E-state index in [2.05, 4.69) is 97.8 Å². The molecule has 0 spiro atoms. The first kappa shape index (κ1) is 21.9. The lowest BCUT2D eigenvalue weighted by Crippen LogP contribution is -2.85. The van der Waals surface area contributed by atoms with Gasteiger partial charge in [-0.2, -0.15) is 0 Å². The Bertz CT molecular complexity index is 292. The quantitative estimate of drug-likeness (QED) is 0.728. The van der Waals surface area contributed by atoms with Gasteiger partial charge in [0.2, 0.25) is 0 Å². The fraction of sp³-hybridized carbons (Fsp3) is 1.00. The zero-order valence-electron chi connectivity index (χ0n) is 16.6. The molecule has 0 radical (unpaired) electrons. The van der Waals surface area contributed by atoms with Crippen molar-refractivity contribution in [2.45, 2.75) is 126 Å². The van der Waals surface area contributed by atoms with E-state index in [1.165, 1.54) is 0 Å². The van der Waals surface area contributed by atoms with Crippen LogP contribution in [-0.2, 0) is 0 Å². The van der Waals surface area contributed by atoms with E-state index in [0.717, 1.165) is 0 Å². The summed E-state index contributed by atoms with van der Waals surface area (Å²) in [6.45, 7) is 28.2. The predicted molar refractivity (Wildman–Crippen MR) is 99.9 cm³/mol. The van der Waals surface area contributed by atoms with Gasteiger partial charge in [0.25, 0.3) is 0 Å². The summed E-state index contributed by atoms with van der Waals surface area (Å²) in [6.07, 6.45) is 0. The van der Waals surface area contributed by atoms with Crippen molar-refractivity contribution in [2.24, 2.45) is 0 Å². The molecule has 1 rings (SSSR count). The maximum absolute atomic E-state index is 2.67. The van der Waals surface area contributed by atoms with Crippen LogP contribution in [0.5, 0.6) is 0 Å². The second-order valence-electron chi connectivity index (χ2n) is 8.87. The molecule has 0 aromatic rings. The van der Waals surface area contributed by atoms with E-state index in [4.69, 9.17) is 0 Å². The highest BCUT2D eigenvalue weighted by Gasteiger charge is 2.59. The normalized spacial score (nSPS) is 25.8. The van der Waals surface area contributed by atoms with Crippen molar-refractivity contribution in [3.8, 4) is 0 Å². The molecular weight excluding hydrogens is 270 g/mol. The van der Waals surface area contributed by atoms with Crippen LogP contribution in [0.4, 0.5) is 0 Å². The fourth-order valence-corrected chi connectivity index (χ4v) is 6.15. The molecule has 3 heteroatoms. The van der Waals surface area contributed by atoms with Crippen LogP contribution in [0.15, 0.2) is 0 Å². The summed E-state index contributed by atoms with van der Waals surface area (Å²) >= 11 is 0. The molecule has 3 nitrogen and oxygen atoms in total. The maximum Gasteiger partial charge on any atom is 0.0714 e. The topological polar surface area (TPSA) is 9.72 Å². The van der Waals surface area contributed by atoms with Gasteiger partial charge in [0, 0.05) is 18.1 Å². The largest absolute Gasteiger partial charge is 0.265 e. The monoisotopic (exact) mass is 313 g/mol. The summed E-state index contributed by atoms with van der Waals surface area (Å²) in [4.78, 5) is 8.02. The molecule has 0 atom stereocenters. The number of rotatable bonds is 3. The van der Waals surface area contributed by atoms with E-state index in [0.29, 0.717) is 18.1 Å². The first-order chi connectivity index (χ1) is 9.20. The average molecular weight is 314 g/mol. The molecule has 0 amide bonds. The fourth-order valence-electron chi connectivity index (χ4n) is 6.15. The summed E-state index contributed by atoms with van der Waals surface area (Å²) in [5.74, 6) is 0. The lowest BCUT2D eigenvalue weighted by Gasteiger charge is -2.72. The van der Waals surface area contributed by atoms with Crippen molar-refractivity contribution in [2.75, 3.05) is 0 Å². The summed E-state index contributed by atoms with van der Waals surface area (Å²) in [5, 5.41) is 0. The van der Waals surface area contributed by atoms with E-state index in [9.17, 15) is 0 Å². The molecule has 0 unspecified atom stereocenters. The Kier molecular flexibility index (Phi) is 6.38. The van der Waals surface area contributed by atoms with Crippen LogP contribution in [-0.4, -0.2) is 49.8 Å². The lowest BCUT2D eigenvalue weighted by atomic mass is 9.87. The minimum Gasteiger partial charge on any atom is -0.265 e. The van der Waals surface area contributed by atoms with E-state index >= 15 is 0 Å². The average Bonchev–Trinajstić information content (AvgIpc) is 2.07. The summed E-state index contributed by atoms with van der Waals surface area (Å²) in [7, 11) is 0. The van der Waals surface area contributed by atoms with Crippen LogP contribution in [0.25, 0.3) is 0 Å². The minimum atomic E-state index is 0. The van der Waals surface area contributed by atoms with E-state index in [-0.39, 0.29) is 24.4 Å². The van der Waals surface area contributed by atoms with Crippen molar-refractivity contribution in [3.05, 3.63) is 0 Å². The Morgan fingerprint density at radius 3 is 0.682 bits per heavy atom. The molecule has 134 valence electrons. The van der Waals surface area contributed by atoms with Crippen molar-refractivity contribution in [1.29, 1.82) is 0 Å². The van der Waals surface area contributed by atoms with Crippen LogP contribution in [0.2, 0.25) is 0 Å². The predicted octanol–water partition coefficient (Wildman–Crippen LogP) is 4.98. The summed E-state index contributed by atoms with van der Waals surface area (Å²) < 4.78 is 0. The Morgan fingerprint density at radius 1 is 0.455 bits per heavy atom. The van der Waals surface area contributed by atoms with Gasteiger partial charge in [-0.25, -0.2) is 0 Å². The molecule has 1 aliphatic heterocycles. The maximum atomic E-state index is 2.67. The van der Waals surface area contributed by atoms with Crippen LogP contribution in [0, 0.1) is 0 Å². The number of nitrogens with zero attached hydrogens (tertiary/aromatic N) is 3. The first-order valence-corrected chi connectivity index (χ1v) is 8.58. The van der Waals surface area contributed by atoms with Crippen LogP contribution in [0.3, 0.4) is 0 Å². The highest BCUT2D eigenvalue weighted by molar-refractivity contribution is 5.08. The van der Waals surface area contributed by atoms with Crippen LogP contribution >= 0.6 is 0 Å². The van der Waals surface area contributed by atoms with E-state index in [1.54, 1.807) is 0 Å². The zero-order chi connectivity index (χ0) is 17.0. The Hall–Kier alpha value is -0.120. The smallest absolute Gasteiger partial charge is 0.0714 e. The molecule has 0 bridgehead atoms. The number of hydrogen-bond acceptors (Lipinski definition) is 3. The zero-order valence-corrected chi connectivity index (χ0v) is 16.6. The van der Waals surface area contributed by atoms with Gasteiger partial charge < -0.3 is 0 Å². The molecule has 1 fully saturated rings. The van der Waals surface area contributed by atoms with E-state index in [1.807, 2.05) is 0 Å². The van der Waals surface area contributed by atoms with Crippen LogP contribution < -0.4 is 0 Å². The van der Waals surface area contributed by atoms with Crippen molar-refractivity contribution in [1.82, 2.24) is 14.7 Å². The molecule has 0 aromatic heterocycles. The van der Waals surface area contributed by atoms with Gasteiger partial charge in [-0.3, -0.25) is 14.7 Å². The molecule has 1 heterocycles. The van der Waals surface area contributed by atoms with Gasteiger partial charge in [0.1, 0.15) is 0 Å². The first-order valence-electron chi connectivity index (χ1n) is 8.58. The second-order valence-corrected chi connectivity index (χ2v) is 8.87. The molecule has 0 aliphatic carbocycles. The molecule has 1 saturated heterocycles. The molecule has 22 heavy (non-hydrogen) atoms. The standard InChI is InChI=1S/C18H39N3.CH4/c1-13(2)19-16(7,8)20(14(3)4)18(11,12)21(15(5)6)17(19,9)10;/h13-15H,1-12H3;1H4. The second kappa shape index (κ2) is 6.41. The lowest BCUT2D eigenvalue weighted by molar-refractivity contribution is -0.306. The van der Waals surface area contributed by atoms with Gasteiger partial charge in [0.05, 0.1) is 17.0 Å². The Labute approximate surface area is 141 Å².